The summed E-state index contributed by atoms with van der Waals surface area (Å²) in [7, 11) is 0. The number of alkyl halides is 3. The van der Waals surface area contributed by atoms with E-state index in [9.17, 15) is 18.0 Å². The second kappa shape index (κ2) is 5.50. The van der Waals surface area contributed by atoms with Gasteiger partial charge in [-0.05, 0) is 23.8 Å². The molecular formula is C12H15F3N2OS. The van der Waals surface area contributed by atoms with E-state index in [1.54, 1.807) is 17.5 Å². The SMILES string of the molecule is NC1CC(CC(F)(F)F)CN(C(=O)c2cccs2)C1. The smallest absolute Gasteiger partial charge is 0.336 e. The first-order chi connectivity index (χ1) is 8.85. The third-order valence-corrected chi connectivity index (χ3v) is 3.97. The molecule has 2 heterocycles. The lowest BCUT2D eigenvalue weighted by Crippen LogP contribution is -2.50. The number of halogens is 3. The van der Waals surface area contributed by atoms with Crippen LogP contribution >= 0.6 is 11.3 Å². The molecule has 106 valence electrons. The molecule has 2 atom stereocenters. The van der Waals surface area contributed by atoms with Gasteiger partial charge in [-0.2, -0.15) is 13.2 Å². The molecule has 7 heteroatoms. The molecular weight excluding hydrogens is 277 g/mol. The van der Waals surface area contributed by atoms with Crippen molar-refractivity contribution in [1.29, 1.82) is 0 Å². The first kappa shape index (κ1) is 14.3. The molecule has 19 heavy (non-hydrogen) atoms. The maximum Gasteiger partial charge on any atom is 0.389 e. The highest BCUT2D eigenvalue weighted by Gasteiger charge is 2.37. The lowest BCUT2D eigenvalue weighted by molar-refractivity contribution is -0.147. The maximum atomic E-state index is 12.4. The van der Waals surface area contributed by atoms with Crippen LogP contribution in [0, 0.1) is 5.92 Å². The molecule has 1 fully saturated rings. The Hall–Kier alpha value is -1.08. The number of amides is 1. The minimum absolute atomic E-state index is 0.129. The summed E-state index contributed by atoms with van der Waals surface area (Å²) in [6, 6.07) is 3.03. The first-order valence-corrected chi connectivity index (χ1v) is 6.88. The molecule has 0 aromatic carbocycles. The van der Waals surface area contributed by atoms with Crippen LogP contribution in [0.1, 0.15) is 22.5 Å². The normalized spacial score (nSPS) is 24.5. The van der Waals surface area contributed by atoms with Gasteiger partial charge in [0, 0.05) is 25.6 Å². The number of hydrogen-bond acceptors (Lipinski definition) is 3. The van der Waals surface area contributed by atoms with Gasteiger partial charge in [0.2, 0.25) is 0 Å². The average molecular weight is 292 g/mol. The minimum Gasteiger partial charge on any atom is -0.336 e. The van der Waals surface area contributed by atoms with Crippen LogP contribution in [0.5, 0.6) is 0 Å². The zero-order chi connectivity index (χ0) is 14.0. The molecule has 1 saturated heterocycles. The average Bonchev–Trinajstić information content (AvgIpc) is 2.77. The Labute approximate surface area is 113 Å². The summed E-state index contributed by atoms with van der Waals surface area (Å²) >= 11 is 1.29. The molecule has 0 aliphatic carbocycles. The molecule has 0 bridgehead atoms. The third-order valence-electron chi connectivity index (χ3n) is 3.11. The van der Waals surface area contributed by atoms with Gasteiger partial charge in [0.25, 0.3) is 5.91 Å². The van der Waals surface area contributed by atoms with E-state index in [1.165, 1.54) is 16.2 Å². The summed E-state index contributed by atoms with van der Waals surface area (Å²) < 4.78 is 37.3. The number of likely N-dealkylation sites (tertiary alicyclic amines) is 1. The zero-order valence-corrected chi connectivity index (χ0v) is 11.0. The summed E-state index contributed by atoms with van der Waals surface area (Å²) in [5, 5.41) is 1.77. The molecule has 2 N–H and O–H groups in total. The highest BCUT2D eigenvalue weighted by atomic mass is 32.1. The van der Waals surface area contributed by atoms with Crippen molar-refractivity contribution in [3.8, 4) is 0 Å². The van der Waals surface area contributed by atoms with E-state index in [2.05, 4.69) is 0 Å². The van der Waals surface area contributed by atoms with E-state index in [0.29, 0.717) is 17.8 Å². The van der Waals surface area contributed by atoms with E-state index >= 15 is 0 Å². The molecule has 1 aromatic heterocycles. The van der Waals surface area contributed by atoms with Gasteiger partial charge in [0.15, 0.2) is 0 Å². The lowest BCUT2D eigenvalue weighted by atomic mass is 9.91. The number of nitrogens with zero attached hydrogens (tertiary/aromatic N) is 1. The Morgan fingerprint density at radius 3 is 2.79 bits per heavy atom. The largest absolute Gasteiger partial charge is 0.389 e. The number of carbonyl (C=O) groups excluding carboxylic acids is 1. The van der Waals surface area contributed by atoms with E-state index in [1.807, 2.05) is 0 Å². The van der Waals surface area contributed by atoms with Gasteiger partial charge in [-0.1, -0.05) is 6.07 Å². The van der Waals surface area contributed by atoms with Crippen molar-refractivity contribution >= 4 is 17.2 Å². The second-order valence-electron chi connectivity index (χ2n) is 4.87. The molecule has 2 rings (SSSR count). The van der Waals surface area contributed by atoms with Crippen LogP contribution in [0.2, 0.25) is 0 Å². The van der Waals surface area contributed by atoms with Crippen molar-refractivity contribution in [2.24, 2.45) is 11.7 Å². The number of piperidine rings is 1. The number of thiophene rings is 1. The van der Waals surface area contributed by atoms with Crippen molar-refractivity contribution in [1.82, 2.24) is 4.90 Å². The molecule has 0 spiro atoms. The molecule has 1 amide bonds. The van der Waals surface area contributed by atoms with Gasteiger partial charge in [0.1, 0.15) is 0 Å². The Morgan fingerprint density at radius 2 is 2.21 bits per heavy atom. The molecule has 1 aliphatic rings. The summed E-state index contributed by atoms with van der Waals surface area (Å²) in [6.07, 6.45) is -4.78. The summed E-state index contributed by atoms with van der Waals surface area (Å²) in [6.45, 7) is 0.453. The van der Waals surface area contributed by atoms with Crippen LogP contribution in [0.3, 0.4) is 0 Å². The van der Waals surface area contributed by atoms with Crippen LogP contribution in [0.4, 0.5) is 13.2 Å². The fraction of sp³-hybridized carbons (Fsp3) is 0.583. The molecule has 0 saturated carbocycles. The molecule has 1 aromatic rings. The fourth-order valence-corrected chi connectivity index (χ4v) is 3.13. The van der Waals surface area contributed by atoms with Crippen molar-refractivity contribution in [3.63, 3.8) is 0 Å². The third kappa shape index (κ3) is 3.94. The van der Waals surface area contributed by atoms with Crippen molar-refractivity contribution in [3.05, 3.63) is 22.4 Å². The van der Waals surface area contributed by atoms with Gasteiger partial charge in [-0.25, -0.2) is 0 Å². The molecule has 2 unspecified atom stereocenters. The summed E-state index contributed by atoms with van der Waals surface area (Å²) in [4.78, 5) is 14.1. The van der Waals surface area contributed by atoms with Gasteiger partial charge < -0.3 is 10.6 Å². The number of rotatable bonds is 2. The van der Waals surface area contributed by atoms with Crippen LogP contribution in [-0.4, -0.2) is 36.1 Å². The van der Waals surface area contributed by atoms with Gasteiger partial charge in [0.05, 0.1) is 4.88 Å². The van der Waals surface area contributed by atoms with Crippen molar-refractivity contribution in [2.45, 2.75) is 25.1 Å². The molecule has 3 nitrogen and oxygen atoms in total. The van der Waals surface area contributed by atoms with Crippen LogP contribution in [0.15, 0.2) is 17.5 Å². The van der Waals surface area contributed by atoms with Gasteiger partial charge in [-0.3, -0.25) is 4.79 Å². The summed E-state index contributed by atoms with van der Waals surface area (Å²) in [5.74, 6) is -0.829. The highest BCUT2D eigenvalue weighted by molar-refractivity contribution is 7.12. The van der Waals surface area contributed by atoms with Crippen molar-refractivity contribution < 1.29 is 18.0 Å². The predicted molar refractivity (Wildman–Crippen MR) is 67.0 cm³/mol. The lowest BCUT2D eigenvalue weighted by Gasteiger charge is -2.36. The zero-order valence-electron chi connectivity index (χ0n) is 10.2. The topological polar surface area (TPSA) is 46.3 Å². The molecule has 0 radical (unpaired) electrons. The monoisotopic (exact) mass is 292 g/mol. The van der Waals surface area contributed by atoms with Crippen LogP contribution < -0.4 is 5.73 Å². The van der Waals surface area contributed by atoms with E-state index in [-0.39, 0.29) is 18.5 Å². The van der Waals surface area contributed by atoms with Crippen LogP contribution in [0.25, 0.3) is 0 Å². The second-order valence-corrected chi connectivity index (χ2v) is 5.82. The number of carbonyl (C=O) groups is 1. The minimum atomic E-state index is -4.21. The quantitative estimate of drug-likeness (QED) is 0.910. The Morgan fingerprint density at radius 1 is 1.47 bits per heavy atom. The molecule has 1 aliphatic heterocycles. The first-order valence-electron chi connectivity index (χ1n) is 6.00. The summed E-state index contributed by atoms with van der Waals surface area (Å²) in [5.41, 5.74) is 5.77. The standard InChI is InChI=1S/C12H15F3N2OS/c13-12(14,15)5-8-4-9(16)7-17(6-8)11(18)10-2-1-3-19-10/h1-3,8-9H,4-7,16H2. The van der Waals surface area contributed by atoms with Gasteiger partial charge >= 0.3 is 6.18 Å². The van der Waals surface area contributed by atoms with Crippen LogP contribution in [-0.2, 0) is 0 Å². The maximum absolute atomic E-state index is 12.4. The fourth-order valence-electron chi connectivity index (χ4n) is 2.44. The highest BCUT2D eigenvalue weighted by Crippen LogP contribution is 2.30. The van der Waals surface area contributed by atoms with Gasteiger partial charge in [-0.15, -0.1) is 11.3 Å². The predicted octanol–water partition coefficient (Wildman–Crippen LogP) is 2.49. The van der Waals surface area contributed by atoms with E-state index < -0.39 is 18.5 Å². The Bertz CT molecular complexity index is 433. The number of nitrogens with two attached hydrogens (primary N) is 1. The Kier molecular flexibility index (Phi) is 4.15. The van der Waals surface area contributed by atoms with E-state index in [4.69, 9.17) is 5.73 Å². The number of hydrogen-bond donors (Lipinski definition) is 1. The van der Waals surface area contributed by atoms with E-state index in [0.717, 1.165) is 0 Å². The van der Waals surface area contributed by atoms with Crippen molar-refractivity contribution in [2.75, 3.05) is 13.1 Å². The Balaban J connectivity index is 2.03.